The highest BCUT2D eigenvalue weighted by Gasteiger charge is 2.65. The van der Waals surface area contributed by atoms with Crippen LogP contribution >= 0.6 is 0 Å². The number of ether oxygens (including phenoxy) is 2. The van der Waals surface area contributed by atoms with Crippen LogP contribution in [0.2, 0.25) is 0 Å². The van der Waals surface area contributed by atoms with Crippen LogP contribution in [0.5, 0.6) is 0 Å². The molecular weight excluding hydrogens is 300 g/mol. The van der Waals surface area contributed by atoms with Gasteiger partial charge in [0.05, 0.1) is 13.2 Å². The van der Waals surface area contributed by atoms with Gasteiger partial charge in [-0.05, 0) is 0 Å². The predicted molar refractivity (Wildman–Crippen MR) is 51.4 cm³/mol. The minimum absolute atomic E-state index is 0.0288. The van der Waals surface area contributed by atoms with E-state index in [1.807, 2.05) is 0 Å². The molecule has 19 heavy (non-hydrogen) atoms. The zero-order chi connectivity index (χ0) is 14.9. The van der Waals surface area contributed by atoms with E-state index in [1.165, 1.54) is 0 Å². The molecule has 6 nitrogen and oxygen atoms in total. The van der Waals surface area contributed by atoms with Gasteiger partial charge in [-0.2, -0.15) is 26.0 Å². The first kappa shape index (κ1) is 16.1. The van der Waals surface area contributed by atoms with Crippen molar-refractivity contribution in [1.29, 1.82) is 0 Å². The maximum atomic E-state index is 13.0. The monoisotopic (exact) mass is 310 g/mol. The van der Waals surface area contributed by atoms with Crippen LogP contribution in [0.3, 0.4) is 0 Å². The molecule has 0 spiro atoms. The van der Waals surface area contributed by atoms with Crippen LogP contribution in [0.15, 0.2) is 0 Å². The Balaban J connectivity index is 2.58. The first-order valence-electron chi connectivity index (χ1n) is 5.00. The Bertz CT molecular complexity index is 448. The average molecular weight is 310 g/mol. The Kier molecular flexibility index (Phi) is 4.42. The summed E-state index contributed by atoms with van der Waals surface area (Å²) in [7, 11) is -6.25. The standard InChI is InChI=1S/C8H10F4O6S/c9-7(10,8(11,12)19(14,15)16)2-4-17-5-1-3-18-6(5)13/h5H,1-4H2,(H,14,15,16). The lowest BCUT2D eigenvalue weighted by molar-refractivity contribution is -0.175. The van der Waals surface area contributed by atoms with E-state index in [0.717, 1.165) is 0 Å². The smallest absolute Gasteiger partial charge is 0.431 e. The molecule has 0 amide bonds. The molecule has 1 fully saturated rings. The molecule has 1 rings (SSSR count). The maximum Gasteiger partial charge on any atom is 0.431 e. The van der Waals surface area contributed by atoms with Crippen LogP contribution in [-0.2, 0) is 24.4 Å². The summed E-state index contributed by atoms with van der Waals surface area (Å²) in [5.74, 6) is -5.83. The summed E-state index contributed by atoms with van der Waals surface area (Å²) in [6.45, 7) is -0.959. The fourth-order valence-electron chi connectivity index (χ4n) is 1.29. The van der Waals surface area contributed by atoms with E-state index in [2.05, 4.69) is 9.47 Å². The topological polar surface area (TPSA) is 89.9 Å². The number of rotatable bonds is 6. The van der Waals surface area contributed by atoms with Crippen molar-refractivity contribution in [1.82, 2.24) is 0 Å². The number of hydrogen-bond acceptors (Lipinski definition) is 5. The van der Waals surface area contributed by atoms with Crippen molar-refractivity contribution >= 4 is 16.1 Å². The van der Waals surface area contributed by atoms with Gasteiger partial charge in [0, 0.05) is 12.8 Å². The summed E-state index contributed by atoms with van der Waals surface area (Å²) in [4.78, 5) is 10.9. The number of carbonyl (C=O) groups excluding carboxylic acids is 1. The third-order valence-corrected chi connectivity index (χ3v) is 3.32. The molecule has 0 bridgehead atoms. The van der Waals surface area contributed by atoms with Crippen LogP contribution in [0.25, 0.3) is 0 Å². The van der Waals surface area contributed by atoms with Crippen molar-refractivity contribution in [2.45, 2.75) is 30.1 Å². The molecule has 1 unspecified atom stereocenters. The number of carbonyl (C=O) groups is 1. The van der Waals surface area contributed by atoms with Gasteiger partial charge < -0.3 is 9.47 Å². The van der Waals surface area contributed by atoms with Crippen molar-refractivity contribution < 1.29 is 44.8 Å². The lowest BCUT2D eigenvalue weighted by Gasteiger charge is -2.23. The molecule has 0 saturated carbocycles. The van der Waals surface area contributed by atoms with Gasteiger partial charge in [0.25, 0.3) is 0 Å². The molecule has 1 saturated heterocycles. The molecule has 0 radical (unpaired) electrons. The van der Waals surface area contributed by atoms with E-state index in [4.69, 9.17) is 4.55 Å². The zero-order valence-corrected chi connectivity index (χ0v) is 10.1. The fourth-order valence-corrected chi connectivity index (χ4v) is 1.77. The molecule has 1 N–H and O–H groups in total. The molecule has 11 heteroatoms. The molecule has 1 aliphatic heterocycles. The summed E-state index contributed by atoms with van der Waals surface area (Å²) in [6.07, 6.45) is -2.71. The third kappa shape index (κ3) is 3.34. The number of esters is 1. The number of hydrogen-bond donors (Lipinski definition) is 1. The van der Waals surface area contributed by atoms with E-state index in [9.17, 15) is 30.8 Å². The minimum atomic E-state index is -6.25. The molecule has 112 valence electrons. The highest BCUT2D eigenvalue weighted by molar-refractivity contribution is 7.87. The number of cyclic esters (lactones) is 1. The van der Waals surface area contributed by atoms with E-state index >= 15 is 0 Å². The average Bonchev–Trinajstić information content (AvgIpc) is 2.62. The summed E-state index contributed by atoms with van der Waals surface area (Å²) in [5.41, 5.74) is 0. The van der Waals surface area contributed by atoms with Crippen molar-refractivity contribution in [3.63, 3.8) is 0 Å². The van der Waals surface area contributed by atoms with Gasteiger partial charge >= 0.3 is 27.3 Å². The molecule has 1 heterocycles. The third-order valence-electron chi connectivity index (χ3n) is 2.37. The Hall–Kier alpha value is -0.940. The lowest BCUT2D eigenvalue weighted by atomic mass is 10.2. The van der Waals surface area contributed by atoms with Crippen molar-refractivity contribution in [2.75, 3.05) is 13.2 Å². The molecular formula is C8H10F4O6S. The molecule has 0 aromatic carbocycles. The molecule has 0 aliphatic carbocycles. The molecule has 0 aromatic rings. The highest BCUT2D eigenvalue weighted by atomic mass is 32.2. The van der Waals surface area contributed by atoms with Crippen LogP contribution in [-0.4, -0.2) is 49.4 Å². The highest BCUT2D eigenvalue weighted by Crippen LogP contribution is 2.40. The summed E-state index contributed by atoms with van der Waals surface area (Å²) in [6, 6.07) is 0. The second kappa shape index (κ2) is 5.21. The molecule has 1 aliphatic rings. The number of halogens is 4. The lowest BCUT2D eigenvalue weighted by Crippen LogP contribution is -2.47. The van der Waals surface area contributed by atoms with Crippen LogP contribution in [0.4, 0.5) is 17.6 Å². The van der Waals surface area contributed by atoms with Crippen molar-refractivity contribution in [3.05, 3.63) is 0 Å². The van der Waals surface area contributed by atoms with Gasteiger partial charge in [-0.15, -0.1) is 0 Å². The van der Waals surface area contributed by atoms with Gasteiger partial charge in [0.1, 0.15) is 0 Å². The molecule has 1 atom stereocenters. The summed E-state index contributed by atoms with van der Waals surface area (Å²) >= 11 is 0. The van der Waals surface area contributed by atoms with Gasteiger partial charge in [0.2, 0.25) is 0 Å². The molecule has 0 aromatic heterocycles. The number of alkyl halides is 4. The first-order chi connectivity index (χ1) is 8.49. The van der Waals surface area contributed by atoms with Gasteiger partial charge in [-0.25, -0.2) is 4.79 Å². The Morgan fingerprint density at radius 2 is 1.95 bits per heavy atom. The van der Waals surface area contributed by atoms with Crippen LogP contribution in [0, 0.1) is 0 Å². The summed E-state index contributed by atoms with van der Waals surface area (Å²) < 4.78 is 88.9. The van der Waals surface area contributed by atoms with E-state index in [-0.39, 0.29) is 13.0 Å². The van der Waals surface area contributed by atoms with Crippen LogP contribution < -0.4 is 0 Å². The Morgan fingerprint density at radius 1 is 1.37 bits per heavy atom. The van der Waals surface area contributed by atoms with Crippen molar-refractivity contribution in [3.8, 4) is 0 Å². The summed E-state index contributed by atoms with van der Waals surface area (Å²) in [5, 5.41) is -5.63. The Morgan fingerprint density at radius 3 is 2.37 bits per heavy atom. The van der Waals surface area contributed by atoms with Gasteiger partial charge in [-0.1, -0.05) is 0 Å². The fraction of sp³-hybridized carbons (Fsp3) is 0.875. The maximum absolute atomic E-state index is 13.0. The second-order valence-electron chi connectivity index (χ2n) is 3.76. The second-order valence-corrected chi connectivity index (χ2v) is 5.22. The minimum Gasteiger partial charge on any atom is -0.464 e. The normalized spacial score (nSPS) is 21.5. The Labute approximate surface area is 105 Å². The quantitative estimate of drug-likeness (QED) is 0.444. The van der Waals surface area contributed by atoms with E-state index in [0.29, 0.717) is 0 Å². The predicted octanol–water partition coefficient (Wildman–Crippen LogP) is 0.825. The SMILES string of the molecule is O=C1OCCC1OCCC(F)(F)C(F)(F)S(=O)(=O)O. The zero-order valence-electron chi connectivity index (χ0n) is 9.31. The first-order valence-corrected chi connectivity index (χ1v) is 6.44. The van der Waals surface area contributed by atoms with Crippen molar-refractivity contribution in [2.24, 2.45) is 0 Å². The van der Waals surface area contributed by atoms with Crippen LogP contribution in [0.1, 0.15) is 12.8 Å². The van der Waals surface area contributed by atoms with E-state index in [1.54, 1.807) is 0 Å². The largest absolute Gasteiger partial charge is 0.464 e. The van der Waals surface area contributed by atoms with Gasteiger partial charge in [-0.3, -0.25) is 4.55 Å². The van der Waals surface area contributed by atoms with Gasteiger partial charge in [0.15, 0.2) is 6.10 Å². The van der Waals surface area contributed by atoms with E-state index < -0.39 is 46.4 Å².